The maximum Gasteiger partial charge on any atom is 0.253 e. The molecule has 0 aliphatic carbocycles. The molecule has 2 amide bonds. The summed E-state index contributed by atoms with van der Waals surface area (Å²) in [6, 6.07) is 0.505. The Labute approximate surface area is 151 Å². The molecule has 0 spiro atoms. The van der Waals surface area contributed by atoms with Crippen LogP contribution in [-0.2, 0) is 9.59 Å². The van der Waals surface area contributed by atoms with Crippen LogP contribution in [0, 0.1) is 5.92 Å². The van der Waals surface area contributed by atoms with E-state index in [1.807, 2.05) is 0 Å². The van der Waals surface area contributed by atoms with Crippen molar-refractivity contribution in [2.75, 3.05) is 32.7 Å². The smallest absolute Gasteiger partial charge is 0.253 e. The molecule has 2 heterocycles. The average Bonchev–Trinajstić information content (AvgIpc) is 3.04. The molecular weight excluding hydrogens is 318 g/mol. The van der Waals surface area contributed by atoms with Crippen molar-refractivity contribution in [3.63, 3.8) is 0 Å². The second kappa shape index (κ2) is 8.99. The van der Waals surface area contributed by atoms with E-state index in [0.29, 0.717) is 31.5 Å². The number of aliphatic hydroxyl groups is 1. The normalized spacial score (nSPS) is 23.0. The van der Waals surface area contributed by atoms with Crippen LogP contribution in [0.1, 0.15) is 59.3 Å². The standard InChI is InChI=1S/C19H35N3O3/c1-4-21-11-5-6-16(21)14-20-17(23)8-7-15-9-12-22(13-10-15)18(24)19(2,3)25/h15-16,25H,4-14H2,1-3H3,(H,20,23). The number of carbonyl (C=O) groups is 2. The largest absolute Gasteiger partial charge is 0.381 e. The predicted octanol–water partition coefficient (Wildman–Crippen LogP) is 1.38. The molecule has 144 valence electrons. The summed E-state index contributed by atoms with van der Waals surface area (Å²) in [5, 5.41) is 12.9. The zero-order chi connectivity index (χ0) is 18.4. The van der Waals surface area contributed by atoms with Crippen LogP contribution < -0.4 is 5.32 Å². The minimum absolute atomic E-state index is 0.151. The van der Waals surface area contributed by atoms with Crippen molar-refractivity contribution in [1.29, 1.82) is 0 Å². The van der Waals surface area contributed by atoms with Gasteiger partial charge in [-0.1, -0.05) is 6.92 Å². The van der Waals surface area contributed by atoms with Crippen molar-refractivity contribution >= 4 is 11.8 Å². The number of likely N-dealkylation sites (tertiary alicyclic amines) is 2. The van der Waals surface area contributed by atoms with E-state index in [-0.39, 0.29) is 11.8 Å². The van der Waals surface area contributed by atoms with Gasteiger partial charge in [0.15, 0.2) is 0 Å². The first-order valence-electron chi connectivity index (χ1n) is 9.83. The topological polar surface area (TPSA) is 72.9 Å². The van der Waals surface area contributed by atoms with Crippen molar-refractivity contribution in [3.05, 3.63) is 0 Å². The van der Waals surface area contributed by atoms with Crippen LogP contribution in [0.2, 0.25) is 0 Å². The van der Waals surface area contributed by atoms with Crippen LogP contribution in [-0.4, -0.2) is 71.1 Å². The molecule has 0 radical (unpaired) electrons. The SMILES string of the molecule is CCN1CCCC1CNC(=O)CCC1CCN(C(=O)C(C)(C)O)CC1. The Morgan fingerprint density at radius 3 is 2.44 bits per heavy atom. The highest BCUT2D eigenvalue weighted by Crippen LogP contribution is 2.23. The van der Waals surface area contributed by atoms with E-state index in [4.69, 9.17) is 0 Å². The number of nitrogens with one attached hydrogen (secondary N) is 1. The van der Waals surface area contributed by atoms with Crippen molar-refractivity contribution in [2.24, 2.45) is 5.92 Å². The molecule has 2 rings (SSSR count). The minimum atomic E-state index is -1.29. The molecule has 0 aromatic heterocycles. The summed E-state index contributed by atoms with van der Waals surface area (Å²) in [6.07, 6.45) is 5.71. The number of carbonyl (C=O) groups excluding carboxylic acids is 2. The highest BCUT2D eigenvalue weighted by Gasteiger charge is 2.32. The van der Waals surface area contributed by atoms with Crippen LogP contribution in [0.4, 0.5) is 0 Å². The summed E-state index contributed by atoms with van der Waals surface area (Å²) in [5.74, 6) is 0.453. The Kier molecular flexibility index (Phi) is 7.25. The van der Waals surface area contributed by atoms with Gasteiger partial charge in [-0.05, 0) is 65.0 Å². The molecule has 25 heavy (non-hydrogen) atoms. The lowest BCUT2D eigenvalue weighted by Gasteiger charge is -2.35. The molecule has 6 nitrogen and oxygen atoms in total. The quantitative estimate of drug-likeness (QED) is 0.725. The van der Waals surface area contributed by atoms with Gasteiger partial charge in [0.1, 0.15) is 5.60 Å². The van der Waals surface area contributed by atoms with E-state index in [0.717, 1.165) is 38.9 Å². The zero-order valence-corrected chi connectivity index (χ0v) is 16.1. The second-order valence-corrected chi connectivity index (χ2v) is 8.06. The lowest BCUT2D eigenvalue weighted by atomic mass is 9.91. The molecule has 0 aromatic carbocycles. The summed E-state index contributed by atoms with van der Waals surface area (Å²) < 4.78 is 0. The van der Waals surface area contributed by atoms with Crippen molar-refractivity contribution < 1.29 is 14.7 Å². The number of rotatable bonds is 7. The molecule has 2 fully saturated rings. The fourth-order valence-corrected chi connectivity index (χ4v) is 4.01. The maximum absolute atomic E-state index is 12.1. The van der Waals surface area contributed by atoms with E-state index >= 15 is 0 Å². The lowest BCUT2D eigenvalue weighted by Crippen LogP contribution is -2.48. The zero-order valence-electron chi connectivity index (χ0n) is 16.1. The maximum atomic E-state index is 12.1. The highest BCUT2D eigenvalue weighted by molar-refractivity contribution is 5.84. The van der Waals surface area contributed by atoms with Crippen LogP contribution >= 0.6 is 0 Å². The van der Waals surface area contributed by atoms with Gasteiger partial charge in [-0.15, -0.1) is 0 Å². The van der Waals surface area contributed by atoms with Gasteiger partial charge >= 0.3 is 0 Å². The van der Waals surface area contributed by atoms with E-state index in [9.17, 15) is 14.7 Å². The number of hydrogen-bond acceptors (Lipinski definition) is 4. The van der Waals surface area contributed by atoms with E-state index < -0.39 is 5.60 Å². The van der Waals surface area contributed by atoms with Gasteiger partial charge in [-0.2, -0.15) is 0 Å². The third-order valence-corrected chi connectivity index (χ3v) is 5.64. The van der Waals surface area contributed by atoms with Crippen LogP contribution in [0.25, 0.3) is 0 Å². The third kappa shape index (κ3) is 5.96. The first-order chi connectivity index (χ1) is 11.8. The third-order valence-electron chi connectivity index (χ3n) is 5.64. The van der Waals surface area contributed by atoms with E-state index in [1.54, 1.807) is 4.90 Å². The van der Waals surface area contributed by atoms with E-state index in [2.05, 4.69) is 17.1 Å². The predicted molar refractivity (Wildman–Crippen MR) is 98.1 cm³/mol. The van der Waals surface area contributed by atoms with Gasteiger partial charge < -0.3 is 15.3 Å². The van der Waals surface area contributed by atoms with Crippen molar-refractivity contribution in [1.82, 2.24) is 15.1 Å². The summed E-state index contributed by atoms with van der Waals surface area (Å²) in [5.41, 5.74) is -1.29. The molecule has 0 bridgehead atoms. The van der Waals surface area contributed by atoms with Crippen LogP contribution in [0.3, 0.4) is 0 Å². The fourth-order valence-electron chi connectivity index (χ4n) is 4.01. The summed E-state index contributed by atoms with van der Waals surface area (Å²) in [6.45, 7) is 9.60. The van der Waals surface area contributed by atoms with Gasteiger partial charge in [-0.3, -0.25) is 14.5 Å². The number of piperidine rings is 1. The van der Waals surface area contributed by atoms with Gasteiger partial charge in [0, 0.05) is 32.1 Å². The van der Waals surface area contributed by atoms with Gasteiger partial charge in [-0.25, -0.2) is 0 Å². The summed E-state index contributed by atoms with van der Waals surface area (Å²) >= 11 is 0. The molecule has 2 aliphatic heterocycles. The molecule has 2 aliphatic rings. The molecule has 0 aromatic rings. The highest BCUT2D eigenvalue weighted by atomic mass is 16.3. The Morgan fingerprint density at radius 1 is 1.16 bits per heavy atom. The number of likely N-dealkylation sites (N-methyl/N-ethyl adjacent to an activating group) is 1. The monoisotopic (exact) mass is 353 g/mol. The molecule has 2 saturated heterocycles. The second-order valence-electron chi connectivity index (χ2n) is 8.06. The Morgan fingerprint density at radius 2 is 1.84 bits per heavy atom. The Bertz CT molecular complexity index is 453. The molecule has 1 unspecified atom stereocenters. The van der Waals surface area contributed by atoms with Crippen LogP contribution in [0.5, 0.6) is 0 Å². The van der Waals surface area contributed by atoms with Crippen molar-refractivity contribution in [3.8, 4) is 0 Å². The fraction of sp³-hybridized carbons (Fsp3) is 0.895. The molecule has 2 N–H and O–H groups in total. The number of amides is 2. The summed E-state index contributed by atoms with van der Waals surface area (Å²) in [4.78, 5) is 28.4. The summed E-state index contributed by atoms with van der Waals surface area (Å²) in [7, 11) is 0. The molecule has 1 atom stereocenters. The van der Waals surface area contributed by atoms with Gasteiger partial charge in [0.2, 0.25) is 5.91 Å². The number of hydrogen-bond donors (Lipinski definition) is 2. The minimum Gasteiger partial charge on any atom is -0.381 e. The van der Waals surface area contributed by atoms with Gasteiger partial charge in [0.25, 0.3) is 5.91 Å². The lowest BCUT2D eigenvalue weighted by molar-refractivity contribution is -0.149. The molecule has 0 saturated carbocycles. The van der Waals surface area contributed by atoms with Gasteiger partial charge in [0.05, 0.1) is 0 Å². The first kappa shape index (κ1) is 20.2. The number of nitrogens with zero attached hydrogens (tertiary/aromatic N) is 2. The van der Waals surface area contributed by atoms with Crippen molar-refractivity contribution in [2.45, 2.75) is 70.9 Å². The Balaban J connectivity index is 1.62. The molecular formula is C19H35N3O3. The molecule has 6 heteroatoms. The van der Waals surface area contributed by atoms with Crippen LogP contribution in [0.15, 0.2) is 0 Å². The first-order valence-corrected chi connectivity index (χ1v) is 9.83. The average molecular weight is 354 g/mol. The Hall–Kier alpha value is -1.14. The van der Waals surface area contributed by atoms with E-state index in [1.165, 1.54) is 26.7 Å².